The summed E-state index contributed by atoms with van der Waals surface area (Å²) in [5.74, 6) is -0.912. The molecule has 0 saturated heterocycles. The standard InChI is InChI=1S/C18H21FN4O2/c1-3-20-17(24)11(2)21-18(25)16-14-5-4-6-15(14)23(22-16)13-9-7-12(19)8-10-13/h7-11H,3-6H2,1-2H3,(H,20,24)(H,21,25). The predicted molar refractivity (Wildman–Crippen MR) is 91.2 cm³/mol. The van der Waals surface area contributed by atoms with E-state index in [2.05, 4.69) is 15.7 Å². The molecule has 1 aromatic carbocycles. The van der Waals surface area contributed by atoms with Gasteiger partial charge in [0.2, 0.25) is 5.91 Å². The summed E-state index contributed by atoms with van der Waals surface area (Å²) >= 11 is 0. The molecule has 1 atom stereocenters. The molecule has 0 radical (unpaired) electrons. The molecular weight excluding hydrogens is 323 g/mol. The van der Waals surface area contributed by atoms with E-state index in [-0.39, 0.29) is 17.6 Å². The summed E-state index contributed by atoms with van der Waals surface area (Å²) in [5.41, 5.74) is 2.94. The lowest BCUT2D eigenvalue weighted by Gasteiger charge is -2.12. The minimum absolute atomic E-state index is 0.231. The molecule has 0 aliphatic heterocycles. The highest BCUT2D eigenvalue weighted by molar-refractivity contribution is 5.97. The third kappa shape index (κ3) is 3.40. The van der Waals surface area contributed by atoms with Gasteiger partial charge in [-0.1, -0.05) is 0 Å². The molecule has 0 bridgehead atoms. The van der Waals surface area contributed by atoms with Gasteiger partial charge in [-0.15, -0.1) is 0 Å². The van der Waals surface area contributed by atoms with E-state index in [1.54, 1.807) is 23.7 Å². The van der Waals surface area contributed by atoms with Crippen LogP contribution in [0.25, 0.3) is 5.69 Å². The largest absolute Gasteiger partial charge is 0.355 e. The normalized spacial score (nSPS) is 14.0. The Hall–Kier alpha value is -2.70. The third-order valence-corrected chi connectivity index (χ3v) is 4.31. The van der Waals surface area contributed by atoms with E-state index in [0.29, 0.717) is 12.2 Å². The maximum atomic E-state index is 13.2. The van der Waals surface area contributed by atoms with Crippen molar-refractivity contribution < 1.29 is 14.0 Å². The fourth-order valence-electron chi connectivity index (χ4n) is 3.07. The Morgan fingerprint density at radius 1 is 1.28 bits per heavy atom. The molecular formula is C18H21FN4O2. The quantitative estimate of drug-likeness (QED) is 0.868. The van der Waals surface area contributed by atoms with E-state index in [4.69, 9.17) is 0 Å². The zero-order chi connectivity index (χ0) is 18.0. The van der Waals surface area contributed by atoms with Gasteiger partial charge in [0.15, 0.2) is 5.69 Å². The van der Waals surface area contributed by atoms with Gasteiger partial charge in [-0.2, -0.15) is 5.10 Å². The van der Waals surface area contributed by atoms with Crippen molar-refractivity contribution >= 4 is 11.8 Å². The fourth-order valence-corrected chi connectivity index (χ4v) is 3.07. The molecule has 0 saturated carbocycles. The number of hydrogen-bond donors (Lipinski definition) is 2. The van der Waals surface area contributed by atoms with Crippen molar-refractivity contribution in [1.29, 1.82) is 0 Å². The number of benzene rings is 1. The molecule has 2 aromatic rings. The Morgan fingerprint density at radius 3 is 2.68 bits per heavy atom. The van der Waals surface area contributed by atoms with Crippen molar-refractivity contribution in [3.05, 3.63) is 47.0 Å². The highest BCUT2D eigenvalue weighted by Crippen LogP contribution is 2.27. The van der Waals surface area contributed by atoms with Gasteiger partial charge >= 0.3 is 0 Å². The second kappa shape index (κ2) is 7.04. The molecule has 6 nitrogen and oxygen atoms in total. The number of nitrogens with zero attached hydrogens (tertiary/aromatic N) is 2. The molecule has 0 fully saturated rings. The lowest BCUT2D eigenvalue weighted by molar-refractivity contribution is -0.122. The van der Waals surface area contributed by atoms with E-state index < -0.39 is 6.04 Å². The summed E-state index contributed by atoms with van der Waals surface area (Å²) in [6.45, 7) is 3.97. The number of carbonyl (C=O) groups excluding carboxylic acids is 2. The van der Waals surface area contributed by atoms with Crippen LogP contribution in [0.4, 0.5) is 4.39 Å². The SMILES string of the molecule is CCNC(=O)C(C)NC(=O)c1nn(-c2ccc(F)cc2)c2c1CCC2. The average molecular weight is 344 g/mol. The van der Waals surface area contributed by atoms with Crippen molar-refractivity contribution in [3.63, 3.8) is 0 Å². The number of hydrogen-bond acceptors (Lipinski definition) is 3. The second-order valence-corrected chi connectivity index (χ2v) is 6.11. The van der Waals surface area contributed by atoms with Crippen LogP contribution in [0.15, 0.2) is 24.3 Å². The van der Waals surface area contributed by atoms with Crippen molar-refractivity contribution in [3.8, 4) is 5.69 Å². The summed E-state index contributed by atoms with van der Waals surface area (Å²) in [4.78, 5) is 24.4. The Balaban J connectivity index is 1.87. The fraction of sp³-hybridized carbons (Fsp3) is 0.389. The first-order valence-electron chi connectivity index (χ1n) is 8.46. The number of carbonyl (C=O) groups is 2. The van der Waals surface area contributed by atoms with Gasteiger partial charge in [0.05, 0.1) is 5.69 Å². The molecule has 7 heteroatoms. The summed E-state index contributed by atoms with van der Waals surface area (Å²) in [5, 5.41) is 9.81. The molecule has 3 rings (SSSR count). The molecule has 1 aliphatic carbocycles. The molecule has 1 heterocycles. The van der Waals surface area contributed by atoms with E-state index in [1.807, 2.05) is 6.92 Å². The van der Waals surface area contributed by atoms with Crippen molar-refractivity contribution in [2.24, 2.45) is 0 Å². The number of fused-ring (bicyclic) bond motifs is 1. The summed E-state index contributed by atoms with van der Waals surface area (Å²) in [6, 6.07) is 5.38. The van der Waals surface area contributed by atoms with Crippen LogP contribution in [0.1, 0.15) is 42.0 Å². The highest BCUT2D eigenvalue weighted by Gasteiger charge is 2.28. The zero-order valence-electron chi connectivity index (χ0n) is 14.3. The van der Waals surface area contributed by atoms with Crippen LogP contribution in [0.3, 0.4) is 0 Å². The van der Waals surface area contributed by atoms with Gasteiger partial charge in [0.1, 0.15) is 11.9 Å². The van der Waals surface area contributed by atoms with Gasteiger partial charge in [-0.05, 0) is 57.4 Å². The first kappa shape index (κ1) is 17.1. The lowest BCUT2D eigenvalue weighted by Crippen LogP contribution is -2.45. The van der Waals surface area contributed by atoms with Gasteiger partial charge < -0.3 is 10.6 Å². The highest BCUT2D eigenvalue weighted by atomic mass is 19.1. The van der Waals surface area contributed by atoms with Gasteiger partial charge in [0, 0.05) is 17.8 Å². The van der Waals surface area contributed by atoms with E-state index >= 15 is 0 Å². The van der Waals surface area contributed by atoms with E-state index in [1.165, 1.54) is 12.1 Å². The van der Waals surface area contributed by atoms with E-state index in [0.717, 1.165) is 36.2 Å². The van der Waals surface area contributed by atoms with Crippen LogP contribution < -0.4 is 10.6 Å². The predicted octanol–water partition coefficient (Wildman–Crippen LogP) is 1.75. The first-order valence-corrected chi connectivity index (χ1v) is 8.46. The number of halogens is 1. The van der Waals surface area contributed by atoms with Crippen LogP contribution in [-0.2, 0) is 17.6 Å². The number of aromatic nitrogens is 2. The molecule has 1 unspecified atom stereocenters. The maximum absolute atomic E-state index is 13.2. The number of rotatable bonds is 5. The number of likely N-dealkylation sites (N-methyl/N-ethyl adjacent to an activating group) is 1. The molecule has 2 amide bonds. The Morgan fingerprint density at radius 2 is 2.00 bits per heavy atom. The van der Waals surface area contributed by atoms with Crippen LogP contribution >= 0.6 is 0 Å². The molecule has 2 N–H and O–H groups in total. The van der Waals surface area contributed by atoms with Gasteiger partial charge in [0.25, 0.3) is 5.91 Å². The first-order chi connectivity index (χ1) is 12.0. The number of amides is 2. The van der Waals surface area contributed by atoms with Gasteiger partial charge in [-0.25, -0.2) is 9.07 Å². The lowest BCUT2D eigenvalue weighted by atomic mass is 10.2. The average Bonchev–Trinajstić information content (AvgIpc) is 3.18. The topological polar surface area (TPSA) is 76.0 Å². The van der Waals surface area contributed by atoms with Crippen molar-refractivity contribution in [2.75, 3.05) is 6.54 Å². The van der Waals surface area contributed by atoms with Crippen LogP contribution in [-0.4, -0.2) is 34.2 Å². The maximum Gasteiger partial charge on any atom is 0.272 e. The minimum Gasteiger partial charge on any atom is -0.355 e. The smallest absolute Gasteiger partial charge is 0.272 e. The van der Waals surface area contributed by atoms with Crippen LogP contribution in [0, 0.1) is 5.82 Å². The van der Waals surface area contributed by atoms with Gasteiger partial charge in [-0.3, -0.25) is 9.59 Å². The summed E-state index contributed by atoms with van der Waals surface area (Å²) in [7, 11) is 0. The minimum atomic E-state index is -0.638. The second-order valence-electron chi connectivity index (χ2n) is 6.11. The monoisotopic (exact) mass is 344 g/mol. The zero-order valence-corrected chi connectivity index (χ0v) is 14.3. The van der Waals surface area contributed by atoms with Crippen molar-refractivity contribution in [1.82, 2.24) is 20.4 Å². The molecule has 0 spiro atoms. The van der Waals surface area contributed by atoms with Crippen molar-refractivity contribution in [2.45, 2.75) is 39.2 Å². The summed E-state index contributed by atoms with van der Waals surface area (Å²) in [6.07, 6.45) is 2.54. The van der Waals surface area contributed by atoms with Crippen LogP contribution in [0.5, 0.6) is 0 Å². The third-order valence-electron chi connectivity index (χ3n) is 4.31. The molecule has 1 aliphatic rings. The Bertz CT molecular complexity index is 798. The Labute approximate surface area is 145 Å². The van der Waals surface area contributed by atoms with Crippen LogP contribution in [0.2, 0.25) is 0 Å². The number of nitrogens with one attached hydrogen (secondary N) is 2. The molecule has 25 heavy (non-hydrogen) atoms. The van der Waals surface area contributed by atoms with E-state index in [9.17, 15) is 14.0 Å². The molecule has 132 valence electrons. The molecule has 1 aromatic heterocycles. The summed E-state index contributed by atoms with van der Waals surface area (Å²) < 4.78 is 14.9. The Kier molecular flexibility index (Phi) is 4.83.